The lowest BCUT2D eigenvalue weighted by molar-refractivity contribution is 0.102. The first-order chi connectivity index (χ1) is 11.2. The number of anilines is 1. The minimum atomic E-state index is -0.210. The first kappa shape index (κ1) is 14.8. The molecule has 3 rings (SSSR count). The fourth-order valence-corrected chi connectivity index (χ4v) is 2.27. The lowest BCUT2D eigenvalue weighted by Gasteiger charge is -2.11. The number of aromatic nitrogens is 3. The highest BCUT2D eigenvalue weighted by molar-refractivity contribution is 6.06. The van der Waals surface area contributed by atoms with Crippen molar-refractivity contribution in [2.45, 2.75) is 0 Å². The van der Waals surface area contributed by atoms with E-state index in [0.29, 0.717) is 22.8 Å². The predicted molar refractivity (Wildman–Crippen MR) is 87.4 cm³/mol. The summed E-state index contributed by atoms with van der Waals surface area (Å²) >= 11 is 0. The monoisotopic (exact) mass is 308 g/mol. The summed E-state index contributed by atoms with van der Waals surface area (Å²) in [6, 6.07) is 14.5. The number of hydrogen-bond donors (Lipinski definition) is 1. The van der Waals surface area contributed by atoms with Crippen LogP contribution in [0.15, 0.2) is 54.9 Å². The minimum absolute atomic E-state index is 0.210. The average Bonchev–Trinajstić information content (AvgIpc) is 3.01. The van der Waals surface area contributed by atoms with Gasteiger partial charge in [-0.2, -0.15) is 0 Å². The molecule has 0 aliphatic heterocycles. The van der Waals surface area contributed by atoms with E-state index in [-0.39, 0.29) is 5.91 Å². The molecule has 0 radical (unpaired) electrons. The molecule has 0 saturated carbocycles. The normalized spacial score (nSPS) is 10.3. The van der Waals surface area contributed by atoms with Gasteiger partial charge in [-0.1, -0.05) is 18.2 Å². The maximum atomic E-state index is 12.5. The number of benzene rings is 2. The summed E-state index contributed by atoms with van der Waals surface area (Å²) < 4.78 is 6.95. The van der Waals surface area contributed by atoms with Crippen molar-refractivity contribution in [3.8, 4) is 17.1 Å². The summed E-state index contributed by atoms with van der Waals surface area (Å²) in [6.45, 7) is 0. The van der Waals surface area contributed by atoms with Crippen molar-refractivity contribution in [1.29, 1.82) is 0 Å². The van der Waals surface area contributed by atoms with Gasteiger partial charge in [0, 0.05) is 18.2 Å². The molecule has 6 heteroatoms. The highest BCUT2D eigenvalue weighted by Gasteiger charge is 2.13. The Hall–Kier alpha value is -3.15. The van der Waals surface area contributed by atoms with Gasteiger partial charge in [-0.05, 0) is 30.3 Å². The fourth-order valence-electron chi connectivity index (χ4n) is 2.27. The molecule has 0 aliphatic carbocycles. The Morgan fingerprint density at radius 1 is 1.17 bits per heavy atom. The van der Waals surface area contributed by atoms with Gasteiger partial charge < -0.3 is 14.6 Å². The van der Waals surface area contributed by atoms with E-state index >= 15 is 0 Å². The second-order valence-electron chi connectivity index (χ2n) is 5.00. The zero-order valence-electron chi connectivity index (χ0n) is 12.9. The molecule has 0 aliphatic rings. The van der Waals surface area contributed by atoms with Gasteiger partial charge in [0.05, 0.1) is 12.8 Å². The predicted octanol–water partition coefficient (Wildman–Crippen LogP) is 2.74. The van der Waals surface area contributed by atoms with Crippen LogP contribution in [0.25, 0.3) is 11.4 Å². The van der Waals surface area contributed by atoms with E-state index in [2.05, 4.69) is 15.5 Å². The van der Waals surface area contributed by atoms with E-state index in [0.717, 1.165) is 5.56 Å². The second-order valence-corrected chi connectivity index (χ2v) is 5.00. The maximum Gasteiger partial charge on any atom is 0.255 e. The number of para-hydroxylation sites is 1. The van der Waals surface area contributed by atoms with E-state index in [1.165, 1.54) is 0 Å². The average molecular weight is 308 g/mol. The van der Waals surface area contributed by atoms with E-state index < -0.39 is 0 Å². The largest absolute Gasteiger partial charge is 0.497 e. The molecule has 6 nitrogen and oxygen atoms in total. The van der Waals surface area contributed by atoms with Gasteiger partial charge in [-0.3, -0.25) is 4.79 Å². The van der Waals surface area contributed by atoms with Crippen molar-refractivity contribution >= 4 is 11.6 Å². The minimum Gasteiger partial charge on any atom is -0.497 e. The van der Waals surface area contributed by atoms with Crippen LogP contribution in [0, 0.1) is 0 Å². The maximum absolute atomic E-state index is 12.5. The first-order valence-corrected chi connectivity index (χ1v) is 7.08. The van der Waals surface area contributed by atoms with Crippen molar-refractivity contribution in [2.75, 3.05) is 12.4 Å². The first-order valence-electron chi connectivity index (χ1n) is 7.08. The summed E-state index contributed by atoms with van der Waals surface area (Å²) in [5.41, 5.74) is 2.01. The Morgan fingerprint density at radius 2 is 2.00 bits per heavy atom. The molecular weight excluding hydrogens is 292 g/mol. The Kier molecular flexibility index (Phi) is 4.05. The number of aryl methyl sites for hydroxylation is 1. The lowest BCUT2D eigenvalue weighted by atomic mass is 10.1. The van der Waals surface area contributed by atoms with E-state index in [1.807, 2.05) is 31.3 Å². The van der Waals surface area contributed by atoms with Gasteiger partial charge in [0.15, 0.2) is 5.82 Å². The SMILES string of the molecule is COc1cccc(C(=O)Nc2ccccc2-c2nncn2C)c1. The molecule has 1 N–H and O–H groups in total. The molecule has 0 fully saturated rings. The van der Waals surface area contributed by atoms with Crippen LogP contribution in [0.5, 0.6) is 5.75 Å². The molecule has 116 valence electrons. The van der Waals surface area contributed by atoms with Crippen molar-refractivity contribution in [2.24, 2.45) is 7.05 Å². The Balaban J connectivity index is 1.91. The van der Waals surface area contributed by atoms with Crippen molar-refractivity contribution in [1.82, 2.24) is 14.8 Å². The van der Waals surface area contributed by atoms with E-state index in [1.54, 1.807) is 42.3 Å². The third kappa shape index (κ3) is 3.06. The summed E-state index contributed by atoms with van der Waals surface area (Å²) in [4.78, 5) is 12.5. The topological polar surface area (TPSA) is 69.0 Å². The molecule has 0 unspecified atom stereocenters. The van der Waals surface area contributed by atoms with Gasteiger partial charge in [0.2, 0.25) is 0 Å². The van der Waals surface area contributed by atoms with Crippen LogP contribution >= 0.6 is 0 Å². The summed E-state index contributed by atoms with van der Waals surface area (Å²) in [5, 5.41) is 10.9. The molecule has 0 bridgehead atoms. The molecule has 23 heavy (non-hydrogen) atoms. The molecule has 0 atom stereocenters. The number of carbonyl (C=O) groups is 1. The quantitative estimate of drug-likeness (QED) is 0.804. The van der Waals surface area contributed by atoms with E-state index in [9.17, 15) is 4.79 Å². The van der Waals surface area contributed by atoms with Gasteiger partial charge in [0.25, 0.3) is 5.91 Å². The van der Waals surface area contributed by atoms with Crippen LogP contribution in [0.3, 0.4) is 0 Å². The smallest absolute Gasteiger partial charge is 0.255 e. The molecule has 1 heterocycles. The highest BCUT2D eigenvalue weighted by atomic mass is 16.5. The number of carbonyl (C=O) groups excluding carboxylic acids is 1. The van der Waals surface area contributed by atoms with Crippen molar-refractivity contribution in [3.05, 3.63) is 60.4 Å². The van der Waals surface area contributed by atoms with Crippen LogP contribution in [-0.4, -0.2) is 27.8 Å². The second kappa shape index (κ2) is 6.31. The third-order valence-electron chi connectivity index (χ3n) is 3.46. The molecular formula is C17H16N4O2. The Morgan fingerprint density at radius 3 is 2.74 bits per heavy atom. The summed E-state index contributed by atoms with van der Waals surface area (Å²) in [6.07, 6.45) is 1.62. The molecule has 2 aromatic carbocycles. The fraction of sp³-hybridized carbons (Fsp3) is 0.118. The van der Waals surface area contributed by atoms with Gasteiger partial charge in [-0.25, -0.2) is 0 Å². The number of hydrogen-bond acceptors (Lipinski definition) is 4. The lowest BCUT2D eigenvalue weighted by Crippen LogP contribution is -2.13. The van der Waals surface area contributed by atoms with Gasteiger partial charge in [0.1, 0.15) is 12.1 Å². The van der Waals surface area contributed by atoms with Crippen molar-refractivity contribution < 1.29 is 9.53 Å². The van der Waals surface area contributed by atoms with Crippen LogP contribution in [0.2, 0.25) is 0 Å². The zero-order valence-corrected chi connectivity index (χ0v) is 12.9. The highest BCUT2D eigenvalue weighted by Crippen LogP contribution is 2.26. The molecule has 0 saturated heterocycles. The zero-order chi connectivity index (χ0) is 16.2. The molecule has 3 aromatic rings. The Labute approximate surface area is 133 Å². The van der Waals surface area contributed by atoms with Crippen LogP contribution < -0.4 is 10.1 Å². The molecule has 1 aromatic heterocycles. The molecule has 0 spiro atoms. The summed E-state index contributed by atoms with van der Waals surface area (Å²) in [7, 11) is 3.43. The summed E-state index contributed by atoms with van der Waals surface area (Å²) in [5.74, 6) is 1.12. The standard InChI is InChI=1S/C17H16N4O2/c1-21-11-18-20-16(21)14-8-3-4-9-15(14)19-17(22)12-6-5-7-13(10-12)23-2/h3-11H,1-2H3,(H,19,22). The van der Waals surface area contributed by atoms with Gasteiger partial charge in [-0.15, -0.1) is 10.2 Å². The molecule has 1 amide bonds. The number of nitrogens with zero attached hydrogens (tertiary/aromatic N) is 3. The number of nitrogens with one attached hydrogen (secondary N) is 1. The van der Waals surface area contributed by atoms with Crippen LogP contribution in [-0.2, 0) is 7.05 Å². The van der Waals surface area contributed by atoms with E-state index in [4.69, 9.17) is 4.74 Å². The van der Waals surface area contributed by atoms with Crippen molar-refractivity contribution in [3.63, 3.8) is 0 Å². The number of amides is 1. The van der Waals surface area contributed by atoms with Crippen LogP contribution in [0.1, 0.15) is 10.4 Å². The Bertz CT molecular complexity index is 842. The van der Waals surface area contributed by atoms with Crippen LogP contribution in [0.4, 0.5) is 5.69 Å². The third-order valence-corrected chi connectivity index (χ3v) is 3.46. The number of methoxy groups -OCH3 is 1. The number of rotatable bonds is 4. The van der Waals surface area contributed by atoms with Gasteiger partial charge >= 0.3 is 0 Å². The number of ether oxygens (including phenoxy) is 1.